The number of aryl methyl sites for hydroxylation is 1. The third-order valence-corrected chi connectivity index (χ3v) is 2.99. The molecule has 0 saturated heterocycles. The van der Waals surface area contributed by atoms with Crippen LogP contribution in [0.1, 0.15) is 16.2 Å². The van der Waals surface area contributed by atoms with Crippen molar-refractivity contribution in [3.8, 4) is 5.69 Å². The minimum absolute atomic E-state index is 0.160. The smallest absolute Gasteiger partial charge is 0.278 e. The number of hydrogen-bond acceptors (Lipinski definition) is 4. The Balaban J connectivity index is 1.89. The van der Waals surface area contributed by atoms with Crippen LogP contribution >= 0.6 is 0 Å². The molecular weight excluding hydrogens is 285 g/mol. The van der Waals surface area contributed by atoms with Gasteiger partial charge in [-0.3, -0.25) is 10.1 Å². The van der Waals surface area contributed by atoms with Crippen LogP contribution in [-0.2, 0) is 0 Å². The fourth-order valence-electron chi connectivity index (χ4n) is 1.98. The number of para-hydroxylation sites is 1. The second-order valence-electron chi connectivity index (χ2n) is 4.56. The quantitative estimate of drug-likeness (QED) is 0.805. The van der Waals surface area contributed by atoms with Crippen molar-refractivity contribution in [1.82, 2.24) is 19.7 Å². The molecule has 0 aliphatic rings. The van der Waals surface area contributed by atoms with Crippen molar-refractivity contribution in [1.29, 1.82) is 0 Å². The summed E-state index contributed by atoms with van der Waals surface area (Å²) in [6.45, 7) is 1.75. The van der Waals surface area contributed by atoms with Gasteiger partial charge in [0, 0.05) is 18.1 Å². The van der Waals surface area contributed by atoms with Crippen LogP contribution in [-0.4, -0.2) is 25.7 Å². The Hall–Kier alpha value is -3.09. The second kappa shape index (κ2) is 5.72. The predicted octanol–water partition coefficient (Wildman–Crippen LogP) is 2.36. The monoisotopic (exact) mass is 297 g/mol. The lowest BCUT2D eigenvalue weighted by molar-refractivity contribution is 0.102. The van der Waals surface area contributed by atoms with Crippen LogP contribution in [0.3, 0.4) is 0 Å². The van der Waals surface area contributed by atoms with Crippen molar-refractivity contribution in [2.45, 2.75) is 6.92 Å². The van der Waals surface area contributed by atoms with E-state index >= 15 is 0 Å². The topological polar surface area (TPSA) is 72.7 Å². The number of rotatable bonds is 3. The first-order chi connectivity index (χ1) is 10.6. The number of halogens is 1. The second-order valence-corrected chi connectivity index (χ2v) is 4.56. The number of anilines is 1. The van der Waals surface area contributed by atoms with Gasteiger partial charge in [0.2, 0.25) is 5.95 Å². The molecule has 0 unspecified atom stereocenters. The number of carbonyl (C=O) groups is 1. The molecule has 1 N–H and O–H groups in total. The molecule has 6 nitrogen and oxygen atoms in total. The molecule has 0 bridgehead atoms. The molecule has 3 rings (SSSR count). The maximum Gasteiger partial charge on any atom is 0.278 e. The Morgan fingerprint density at radius 1 is 1.18 bits per heavy atom. The summed E-state index contributed by atoms with van der Waals surface area (Å²) in [4.78, 5) is 20.0. The number of benzene rings is 1. The summed E-state index contributed by atoms with van der Waals surface area (Å²) in [5.41, 5.74) is 1.09. The van der Waals surface area contributed by atoms with Gasteiger partial charge in [0.1, 0.15) is 11.5 Å². The third-order valence-electron chi connectivity index (χ3n) is 2.99. The first-order valence-electron chi connectivity index (χ1n) is 6.55. The van der Waals surface area contributed by atoms with Gasteiger partial charge in [-0.15, -0.1) is 0 Å². The zero-order valence-corrected chi connectivity index (χ0v) is 11.7. The largest absolute Gasteiger partial charge is 0.289 e. The van der Waals surface area contributed by atoms with Gasteiger partial charge in [0.05, 0.1) is 0 Å². The molecule has 2 aromatic heterocycles. The van der Waals surface area contributed by atoms with E-state index in [-0.39, 0.29) is 17.3 Å². The fourth-order valence-corrected chi connectivity index (χ4v) is 1.98. The van der Waals surface area contributed by atoms with Crippen molar-refractivity contribution in [3.63, 3.8) is 0 Å². The van der Waals surface area contributed by atoms with E-state index in [2.05, 4.69) is 20.4 Å². The lowest BCUT2D eigenvalue weighted by atomic mass is 10.3. The summed E-state index contributed by atoms with van der Waals surface area (Å²) in [5, 5.41) is 6.68. The average molecular weight is 297 g/mol. The molecule has 0 saturated carbocycles. The third kappa shape index (κ3) is 2.69. The summed E-state index contributed by atoms with van der Waals surface area (Å²) in [6.07, 6.45) is 3.04. The number of aromatic nitrogens is 4. The maximum atomic E-state index is 13.8. The molecule has 22 heavy (non-hydrogen) atoms. The Morgan fingerprint density at radius 3 is 2.64 bits per heavy atom. The van der Waals surface area contributed by atoms with Crippen LogP contribution in [0, 0.1) is 12.7 Å². The van der Waals surface area contributed by atoms with E-state index in [1.54, 1.807) is 37.3 Å². The molecule has 1 aromatic carbocycles. The van der Waals surface area contributed by atoms with Crippen LogP contribution in [0.15, 0.2) is 48.8 Å². The summed E-state index contributed by atoms with van der Waals surface area (Å²) in [6, 6.07) is 9.46. The van der Waals surface area contributed by atoms with Crippen LogP contribution in [0.2, 0.25) is 0 Å². The zero-order chi connectivity index (χ0) is 15.5. The van der Waals surface area contributed by atoms with Gasteiger partial charge in [0.25, 0.3) is 5.91 Å². The highest BCUT2D eigenvalue weighted by molar-refractivity contribution is 6.01. The van der Waals surface area contributed by atoms with Gasteiger partial charge in [-0.2, -0.15) is 5.10 Å². The van der Waals surface area contributed by atoms with Crippen molar-refractivity contribution < 1.29 is 9.18 Å². The van der Waals surface area contributed by atoms with Crippen molar-refractivity contribution in [3.05, 3.63) is 66.0 Å². The summed E-state index contributed by atoms with van der Waals surface area (Å²) in [7, 11) is 0. The van der Waals surface area contributed by atoms with E-state index in [0.717, 1.165) is 0 Å². The number of carbonyl (C=O) groups excluding carboxylic acids is 1. The van der Waals surface area contributed by atoms with Gasteiger partial charge in [-0.05, 0) is 31.2 Å². The molecule has 3 aromatic rings. The van der Waals surface area contributed by atoms with Crippen LogP contribution in [0.5, 0.6) is 0 Å². The van der Waals surface area contributed by atoms with Gasteiger partial charge in [0.15, 0.2) is 5.69 Å². The number of nitrogens with one attached hydrogen (secondary N) is 1. The molecule has 0 fully saturated rings. The highest BCUT2D eigenvalue weighted by atomic mass is 19.1. The predicted molar refractivity (Wildman–Crippen MR) is 78.2 cm³/mol. The molecule has 2 heterocycles. The molecule has 0 radical (unpaired) electrons. The van der Waals surface area contributed by atoms with E-state index in [0.29, 0.717) is 5.69 Å². The van der Waals surface area contributed by atoms with Gasteiger partial charge in [-0.25, -0.2) is 19.0 Å². The van der Waals surface area contributed by atoms with Gasteiger partial charge >= 0.3 is 0 Å². The molecule has 1 amide bonds. The summed E-state index contributed by atoms with van der Waals surface area (Å²) >= 11 is 0. The maximum absolute atomic E-state index is 13.8. The Bertz CT molecular complexity index is 816. The number of hydrogen-bond donors (Lipinski definition) is 1. The van der Waals surface area contributed by atoms with E-state index < -0.39 is 11.7 Å². The number of amides is 1. The van der Waals surface area contributed by atoms with Gasteiger partial charge < -0.3 is 0 Å². The SMILES string of the molecule is Cc1cc(C(=O)Nc2ncccn2)nn1-c1ccccc1F. The van der Waals surface area contributed by atoms with E-state index in [4.69, 9.17) is 0 Å². The summed E-state index contributed by atoms with van der Waals surface area (Å²) in [5.74, 6) is -0.679. The number of nitrogens with zero attached hydrogens (tertiary/aromatic N) is 4. The summed E-state index contributed by atoms with van der Waals surface area (Å²) < 4.78 is 15.2. The Labute approximate surface area is 125 Å². The molecule has 0 aliphatic heterocycles. The highest BCUT2D eigenvalue weighted by Gasteiger charge is 2.15. The van der Waals surface area contributed by atoms with Crippen molar-refractivity contribution in [2.75, 3.05) is 5.32 Å². The normalized spacial score (nSPS) is 10.5. The van der Waals surface area contributed by atoms with Crippen LogP contribution < -0.4 is 5.32 Å². The van der Waals surface area contributed by atoms with Gasteiger partial charge in [-0.1, -0.05) is 12.1 Å². The van der Waals surface area contributed by atoms with Crippen LogP contribution in [0.4, 0.5) is 10.3 Å². The molecule has 0 aliphatic carbocycles. The van der Waals surface area contributed by atoms with E-state index in [1.165, 1.54) is 23.1 Å². The highest BCUT2D eigenvalue weighted by Crippen LogP contribution is 2.16. The Morgan fingerprint density at radius 2 is 1.91 bits per heavy atom. The lowest BCUT2D eigenvalue weighted by Crippen LogP contribution is -2.15. The molecule has 110 valence electrons. The standard InChI is InChI=1S/C15H12FN5O/c1-10-9-12(14(22)19-15-17-7-4-8-18-15)20-21(10)13-6-3-2-5-11(13)16/h2-9H,1H3,(H,17,18,19,22). The lowest BCUT2D eigenvalue weighted by Gasteiger charge is -2.04. The van der Waals surface area contributed by atoms with Crippen molar-refractivity contribution in [2.24, 2.45) is 0 Å². The molecule has 0 atom stereocenters. The van der Waals surface area contributed by atoms with E-state index in [1.807, 2.05) is 0 Å². The molecule has 0 spiro atoms. The first kappa shape index (κ1) is 13.9. The van der Waals surface area contributed by atoms with Crippen molar-refractivity contribution >= 4 is 11.9 Å². The molecular formula is C15H12FN5O. The van der Waals surface area contributed by atoms with E-state index in [9.17, 15) is 9.18 Å². The fraction of sp³-hybridized carbons (Fsp3) is 0.0667. The first-order valence-corrected chi connectivity index (χ1v) is 6.55. The minimum atomic E-state index is -0.454. The van der Waals surface area contributed by atoms with Crippen LogP contribution in [0.25, 0.3) is 5.69 Å². The molecule has 7 heteroatoms. The minimum Gasteiger partial charge on any atom is -0.289 e. The zero-order valence-electron chi connectivity index (χ0n) is 11.7. The Kier molecular flexibility index (Phi) is 3.61. The average Bonchev–Trinajstić information content (AvgIpc) is 2.91.